The van der Waals surface area contributed by atoms with Gasteiger partial charge < -0.3 is 15.8 Å². The lowest BCUT2D eigenvalue weighted by Gasteiger charge is -2.37. The maximum atomic E-state index is 9.03. The fourth-order valence-electron chi connectivity index (χ4n) is 2.95. The van der Waals surface area contributed by atoms with Crippen LogP contribution < -0.4 is 10.6 Å². The van der Waals surface area contributed by atoms with Gasteiger partial charge in [-0.25, -0.2) is 0 Å². The summed E-state index contributed by atoms with van der Waals surface area (Å²) in [5, 5.41) is 12.2. The summed E-state index contributed by atoms with van der Waals surface area (Å²) in [4.78, 5) is 9.21. The summed E-state index contributed by atoms with van der Waals surface area (Å²) in [7, 11) is 0. The highest BCUT2D eigenvalue weighted by Crippen LogP contribution is 2.25. The lowest BCUT2D eigenvalue weighted by molar-refractivity contribution is 0.258. The summed E-state index contributed by atoms with van der Waals surface area (Å²) in [5.74, 6) is 0.131. The molecule has 1 aromatic rings. The van der Waals surface area contributed by atoms with Gasteiger partial charge in [0.05, 0.1) is 16.9 Å². The standard InChI is InChI=1S/C15H25N5O/c1-4-5-19-6-8-20(9-7-19)13-10-11(2)17-12(3)14(13)15(16)18-21/h10,21H,4-9H2,1-3H3,(H2,16,18). The maximum Gasteiger partial charge on any atom is 0.174 e. The van der Waals surface area contributed by atoms with Gasteiger partial charge in [-0.1, -0.05) is 12.1 Å². The predicted octanol–water partition coefficient (Wildman–Crippen LogP) is 1.32. The van der Waals surface area contributed by atoms with E-state index in [4.69, 9.17) is 10.9 Å². The smallest absolute Gasteiger partial charge is 0.174 e. The summed E-state index contributed by atoms with van der Waals surface area (Å²) >= 11 is 0. The maximum absolute atomic E-state index is 9.03. The van der Waals surface area contributed by atoms with E-state index in [1.54, 1.807) is 0 Å². The van der Waals surface area contributed by atoms with Crippen LogP contribution in [0, 0.1) is 13.8 Å². The Morgan fingerprint density at radius 1 is 1.33 bits per heavy atom. The molecule has 0 unspecified atom stereocenters. The summed E-state index contributed by atoms with van der Waals surface area (Å²) in [5.41, 5.74) is 9.37. The summed E-state index contributed by atoms with van der Waals surface area (Å²) in [6, 6.07) is 2.02. The number of amidine groups is 1. The first-order valence-corrected chi connectivity index (χ1v) is 7.50. The average molecular weight is 291 g/mol. The van der Waals surface area contributed by atoms with Crippen molar-refractivity contribution >= 4 is 11.5 Å². The van der Waals surface area contributed by atoms with Gasteiger partial charge in [0.1, 0.15) is 0 Å². The molecular formula is C15H25N5O. The molecule has 0 amide bonds. The second-order valence-corrected chi connectivity index (χ2v) is 5.56. The molecule has 1 aliphatic rings. The molecule has 2 rings (SSSR count). The zero-order chi connectivity index (χ0) is 15.4. The number of piperazine rings is 1. The van der Waals surface area contributed by atoms with Gasteiger partial charge in [0.15, 0.2) is 5.84 Å². The monoisotopic (exact) mass is 291 g/mol. The van der Waals surface area contributed by atoms with Gasteiger partial charge in [-0.3, -0.25) is 9.88 Å². The number of oxime groups is 1. The molecule has 1 saturated heterocycles. The van der Waals surface area contributed by atoms with E-state index in [1.807, 2.05) is 19.9 Å². The Bertz CT molecular complexity index is 521. The number of hydrogen-bond donors (Lipinski definition) is 2. The highest BCUT2D eigenvalue weighted by Gasteiger charge is 2.22. The summed E-state index contributed by atoms with van der Waals surface area (Å²) < 4.78 is 0. The van der Waals surface area contributed by atoms with Crippen molar-refractivity contribution < 1.29 is 5.21 Å². The Hall–Kier alpha value is -1.82. The van der Waals surface area contributed by atoms with Crippen molar-refractivity contribution in [2.24, 2.45) is 10.9 Å². The lowest BCUT2D eigenvalue weighted by Crippen LogP contribution is -2.47. The van der Waals surface area contributed by atoms with Crippen LogP contribution in [0.2, 0.25) is 0 Å². The minimum atomic E-state index is 0.131. The molecule has 6 heteroatoms. The van der Waals surface area contributed by atoms with Crippen molar-refractivity contribution in [3.63, 3.8) is 0 Å². The van der Waals surface area contributed by atoms with Crippen LogP contribution >= 0.6 is 0 Å². The Labute approximate surface area is 126 Å². The van der Waals surface area contributed by atoms with E-state index in [1.165, 1.54) is 6.42 Å². The van der Waals surface area contributed by atoms with Gasteiger partial charge in [0.2, 0.25) is 0 Å². The number of aryl methyl sites for hydroxylation is 2. The van der Waals surface area contributed by atoms with Crippen LogP contribution in [0.5, 0.6) is 0 Å². The van der Waals surface area contributed by atoms with Crippen LogP contribution in [0.15, 0.2) is 11.2 Å². The number of pyridine rings is 1. The zero-order valence-corrected chi connectivity index (χ0v) is 13.1. The fraction of sp³-hybridized carbons (Fsp3) is 0.600. The largest absolute Gasteiger partial charge is 0.409 e. The first-order valence-electron chi connectivity index (χ1n) is 7.50. The number of aromatic nitrogens is 1. The van der Waals surface area contributed by atoms with Gasteiger partial charge in [-0.15, -0.1) is 0 Å². The van der Waals surface area contributed by atoms with Crippen LogP contribution in [-0.2, 0) is 0 Å². The SMILES string of the molecule is CCCN1CCN(c2cc(C)nc(C)c2/C(N)=N/O)CC1. The second-order valence-electron chi connectivity index (χ2n) is 5.56. The van der Waals surface area contributed by atoms with Gasteiger partial charge >= 0.3 is 0 Å². The number of nitrogens with zero attached hydrogens (tertiary/aromatic N) is 4. The molecule has 0 aromatic carbocycles. The molecule has 2 heterocycles. The minimum Gasteiger partial charge on any atom is -0.409 e. The van der Waals surface area contributed by atoms with E-state index in [0.717, 1.165) is 55.4 Å². The molecule has 116 valence electrons. The molecule has 1 aliphatic heterocycles. The van der Waals surface area contributed by atoms with Crippen molar-refractivity contribution in [3.8, 4) is 0 Å². The number of anilines is 1. The van der Waals surface area contributed by atoms with Crippen molar-refractivity contribution in [2.75, 3.05) is 37.6 Å². The Morgan fingerprint density at radius 2 is 2.00 bits per heavy atom. The van der Waals surface area contributed by atoms with Crippen molar-refractivity contribution in [3.05, 3.63) is 23.0 Å². The number of hydrogen-bond acceptors (Lipinski definition) is 5. The van der Waals surface area contributed by atoms with Crippen molar-refractivity contribution in [1.29, 1.82) is 0 Å². The number of nitrogens with two attached hydrogens (primary N) is 1. The molecule has 0 bridgehead atoms. The Kier molecular flexibility index (Phi) is 5.01. The molecule has 0 radical (unpaired) electrons. The molecular weight excluding hydrogens is 266 g/mol. The van der Waals surface area contributed by atoms with E-state index in [2.05, 4.69) is 26.9 Å². The Balaban J connectivity index is 2.27. The van der Waals surface area contributed by atoms with Gasteiger partial charge in [0.25, 0.3) is 0 Å². The van der Waals surface area contributed by atoms with Crippen molar-refractivity contribution in [1.82, 2.24) is 9.88 Å². The summed E-state index contributed by atoms with van der Waals surface area (Å²) in [6.45, 7) is 11.2. The van der Waals surface area contributed by atoms with Crippen LogP contribution in [0.3, 0.4) is 0 Å². The van der Waals surface area contributed by atoms with Gasteiger partial charge in [-0.2, -0.15) is 0 Å². The third-order valence-electron chi connectivity index (χ3n) is 3.92. The third kappa shape index (κ3) is 3.44. The first-order chi connectivity index (χ1) is 10.1. The van der Waals surface area contributed by atoms with E-state index in [0.29, 0.717) is 0 Å². The Morgan fingerprint density at radius 3 is 2.57 bits per heavy atom. The predicted molar refractivity (Wildman–Crippen MR) is 85.2 cm³/mol. The van der Waals surface area contributed by atoms with E-state index >= 15 is 0 Å². The zero-order valence-electron chi connectivity index (χ0n) is 13.1. The highest BCUT2D eigenvalue weighted by molar-refractivity contribution is 6.03. The molecule has 1 aromatic heterocycles. The molecule has 0 aliphatic carbocycles. The van der Waals surface area contributed by atoms with E-state index in [9.17, 15) is 0 Å². The highest BCUT2D eigenvalue weighted by atomic mass is 16.4. The molecule has 1 fully saturated rings. The summed E-state index contributed by atoms with van der Waals surface area (Å²) in [6.07, 6.45) is 1.18. The second kappa shape index (κ2) is 6.76. The molecule has 3 N–H and O–H groups in total. The number of rotatable bonds is 4. The topological polar surface area (TPSA) is 78.0 Å². The molecule has 6 nitrogen and oxygen atoms in total. The normalized spacial score (nSPS) is 17.3. The van der Waals surface area contributed by atoms with E-state index < -0.39 is 0 Å². The molecule has 0 atom stereocenters. The van der Waals surface area contributed by atoms with Crippen LogP contribution in [0.4, 0.5) is 5.69 Å². The minimum absolute atomic E-state index is 0.131. The fourth-order valence-corrected chi connectivity index (χ4v) is 2.95. The lowest BCUT2D eigenvalue weighted by atomic mass is 10.1. The molecule has 21 heavy (non-hydrogen) atoms. The third-order valence-corrected chi connectivity index (χ3v) is 3.92. The van der Waals surface area contributed by atoms with E-state index in [-0.39, 0.29) is 5.84 Å². The average Bonchev–Trinajstić information content (AvgIpc) is 2.47. The quantitative estimate of drug-likeness (QED) is 0.379. The van der Waals surface area contributed by atoms with Crippen LogP contribution in [0.1, 0.15) is 30.3 Å². The van der Waals surface area contributed by atoms with Gasteiger partial charge in [-0.05, 0) is 32.9 Å². The van der Waals surface area contributed by atoms with Gasteiger partial charge in [0, 0.05) is 31.9 Å². The van der Waals surface area contributed by atoms with Crippen molar-refractivity contribution in [2.45, 2.75) is 27.2 Å². The van der Waals surface area contributed by atoms with Crippen LogP contribution in [-0.4, -0.2) is 53.7 Å². The molecule has 0 saturated carbocycles. The first kappa shape index (κ1) is 15.6. The van der Waals surface area contributed by atoms with Crippen LogP contribution in [0.25, 0.3) is 0 Å². The molecule has 0 spiro atoms.